The van der Waals surface area contributed by atoms with Crippen molar-refractivity contribution in [1.82, 2.24) is 10.6 Å². The third-order valence-corrected chi connectivity index (χ3v) is 7.55. The van der Waals surface area contributed by atoms with Crippen LogP contribution >= 0.6 is 0 Å². The number of benzene rings is 5. The number of rotatable bonds is 6. The Balaban J connectivity index is 1.68. The summed E-state index contributed by atoms with van der Waals surface area (Å²) in [5.41, 5.74) is 4.09. The first kappa shape index (κ1) is 23.5. The van der Waals surface area contributed by atoms with Crippen molar-refractivity contribution >= 4 is 43.9 Å². The summed E-state index contributed by atoms with van der Waals surface area (Å²) in [4.78, 5) is 16.2. The van der Waals surface area contributed by atoms with Crippen molar-refractivity contribution < 1.29 is 4.79 Å². The number of hydrogen-bond acceptors (Lipinski definition) is 3. The van der Waals surface area contributed by atoms with Crippen molar-refractivity contribution in [3.05, 3.63) is 90.5 Å². The SMILES string of the molecule is CCCCNC(=O)c1cc(-c2cccc3ccccc23)c2cc3ccccc3cc2c1N1CCNCC1. The fraction of sp³-hybridized carbons (Fsp3) is 0.242. The monoisotopic (exact) mass is 487 g/mol. The van der Waals surface area contributed by atoms with Crippen molar-refractivity contribution in [2.24, 2.45) is 0 Å². The first-order chi connectivity index (χ1) is 18.2. The maximum atomic E-state index is 13.8. The Morgan fingerprint density at radius 2 is 1.46 bits per heavy atom. The second kappa shape index (κ2) is 10.2. The molecule has 4 nitrogen and oxygen atoms in total. The molecule has 0 bridgehead atoms. The molecule has 0 unspecified atom stereocenters. The lowest BCUT2D eigenvalue weighted by atomic mass is 9.89. The summed E-state index contributed by atoms with van der Waals surface area (Å²) in [5, 5.41) is 13.8. The van der Waals surface area contributed by atoms with E-state index in [0.29, 0.717) is 6.54 Å². The van der Waals surface area contributed by atoms with Crippen LogP contribution < -0.4 is 15.5 Å². The zero-order valence-electron chi connectivity index (χ0n) is 21.4. The highest BCUT2D eigenvalue weighted by Gasteiger charge is 2.24. The highest BCUT2D eigenvalue weighted by atomic mass is 16.1. The van der Waals surface area contributed by atoms with E-state index in [9.17, 15) is 4.79 Å². The molecule has 0 radical (unpaired) electrons. The Kier molecular flexibility index (Phi) is 6.50. The minimum Gasteiger partial charge on any atom is -0.368 e. The molecule has 0 saturated carbocycles. The molecule has 1 heterocycles. The van der Waals surface area contributed by atoms with Crippen LogP contribution in [0.2, 0.25) is 0 Å². The molecule has 1 saturated heterocycles. The maximum absolute atomic E-state index is 13.8. The standard InChI is InChI=1S/C33H33N3O/c1-2-3-15-35-33(37)31-22-29(27-14-8-12-23-9-6-7-13-26(23)27)28-20-24-10-4-5-11-25(24)21-30(28)32(31)36-18-16-34-17-19-36/h4-14,20-22,34H,2-3,15-19H2,1H3,(H,35,37). The van der Waals surface area contributed by atoms with Gasteiger partial charge >= 0.3 is 0 Å². The molecule has 2 N–H and O–H groups in total. The predicted octanol–water partition coefficient (Wildman–Crippen LogP) is 6.75. The quantitative estimate of drug-likeness (QED) is 0.206. The Hall–Kier alpha value is -3.89. The predicted molar refractivity (Wildman–Crippen MR) is 157 cm³/mol. The van der Waals surface area contributed by atoms with Gasteiger partial charge in [-0.1, -0.05) is 80.1 Å². The van der Waals surface area contributed by atoms with E-state index in [0.717, 1.165) is 66.8 Å². The van der Waals surface area contributed by atoms with E-state index in [1.54, 1.807) is 0 Å². The third kappa shape index (κ3) is 4.42. The van der Waals surface area contributed by atoms with E-state index < -0.39 is 0 Å². The molecule has 1 fully saturated rings. The molecule has 6 rings (SSSR count). The van der Waals surface area contributed by atoms with Gasteiger partial charge in [0, 0.05) is 38.1 Å². The molecule has 186 valence electrons. The van der Waals surface area contributed by atoms with Gasteiger partial charge in [-0.05, 0) is 62.7 Å². The molecule has 37 heavy (non-hydrogen) atoms. The molecule has 0 aromatic heterocycles. The summed E-state index contributed by atoms with van der Waals surface area (Å²) < 4.78 is 0. The number of carbonyl (C=O) groups is 1. The largest absolute Gasteiger partial charge is 0.368 e. The van der Waals surface area contributed by atoms with Crippen LogP contribution in [-0.2, 0) is 0 Å². The normalized spacial score (nSPS) is 13.9. The zero-order chi connectivity index (χ0) is 25.2. The van der Waals surface area contributed by atoms with Crippen molar-refractivity contribution in [3.8, 4) is 11.1 Å². The van der Waals surface area contributed by atoms with Crippen LogP contribution in [0.5, 0.6) is 0 Å². The van der Waals surface area contributed by atoms with Gasteiger partial charge in [-0.25, -0.2) is 0 Å². The van der Waals surface area contributed by atoms with E-state index in [-0.39, 0.29) is 5.91 Å². The molecule has 0 spiro atoms. The van der Waals surface area contributed by atoms with Gasteiger partial charge in [0.25, 0.3) is 5.91 Å². The second-order valence-electron chi connectivity index (χ2n) is 9.94. The van der Waals surface area contributed by atoms with Crippen LogP contribution in [0, 0.1) is 0 Å². The number of piperazine rings is 1. The number of hydrogen-bond donors (Lipinski definition) is 2. The Bertz CT molecular complexity index is 1600. The Morgan fingerprint density at radius 3 is 2.22 bits per heavy atom. The van der Waals surface area contributed by atoms with Crippen LogP contribution in [-0.4, -0.2) is 38.6 Å². The molecule has 4 heteroatoms. The number of amides is 1. The van der Waals surface area contributed by atoms with Gasteiger partial charge < -0.3 is 15.5 Å². The van der Waals surface area contributed by atoms with Crippen LogP contribution in [0.3, 0.4) is 0 Å². The second-order valence-corrected chi connectivity index (χ2v) is 9.94. The summed E-state index contributed by atoms with van der Waals surface area (Å²) in [5.74, 6) is 0.0125. The van der Waals surface area contributed by atoms with E-state index >= 15 is 0 Å². The molecule has 5 aromatic carbocycles. The topological polar surface area (TPSA) is 44.4 Å². The first-order valence-corrected chi connectivity index (χ1v) is 13.5. The van der Waals surface area contributed by atoms with Gasteiger partial charge in [0.15, 0.2) is 0 Å². The summed E-state index contributed by atoms with van der Waals surface area (Å²) in [7, 11) is 0. The van der Waals surface area contributed by atoms with Crippen molar-refractivity contribution in [3.63, 3.8) is 0 Å². The van der Waals surface area contributed by atoms with Crippen LogP contribution in [0.1, 0.15) is 30.1 Å². The number of unbranched alkanes of at least 4 members (excludes halogenated alkanes) is 1. The van der Waals surface area contributed by atoms with Gasteiger partial charge in [-0.15, -0.1) is 0 Å². The number of carbonyl (C=O) groups excluding carboxylic acids is 1. The van der Waals surface area contributed by atoms with E-state index in [4.69, 9.17) is 0 Å². The van der Waals surface area contributed by atoms with Crippen LogP contribution in [0.4, 0.5) is 5.69 Å². The van der Waals surface area contributed by atoms with Crippen molar-refractivity contribution in [2.75, 3.05) is 37.6 Å². The molecular formula is C33H33N3O. The summed E-state index contributed by atoms with van der Waals surface area (Å²) in [6.45, 7) is 6.43. The summed E-state index contributed by atoms with van der Waals surface area (Å²) in [6.07, 6.45) is 2.03. The fourth-order valence-corrected chi connectivity index (χ4v) is 5.65. The number of nitrogens with zero attached hydrogens (tertiary/aromatic N) is 1. The Morgan fingerprint density at radius 1 is 0.784 bits per heavy atom. The Labute approximate surface area is 218 Å². The van der Waals surface area contributed by atoms with Crippen LogP contribution in [0.15, 0.2) is 84.9 Å². The number of anilines is 1. The summed E-state index contributed by atoms with van der Waals surface area (Å²) in [6, 6.07) is 30.3. The fourth-order valence-electron chi connectivity index (χ4n) is 5.65. The van der Waals surface area contributed by atoms with Crippen LogP contribution in [0.25, 0.3) is 43.4 Å². The lowest BCUT2D eigenvalue weighted by Crippen LogP contribution is -2.44. The average Bonchev–Trinajstić information content (AvgIpc) is 2.95. The van der Waals surface area contributed by atoms with E-state index in [1.165, 1.54) is 26.9 Å². The van der Waals surface area contributed by atoms with Gasteiger partial charge in [0.2, 0.25) is 0 Å². The average molecular weight is 488 g/mol. The molecule has 1 aliphatic rings. The lowest BCUT2D eigenvalue weighted by Gasteiger charge is -2.33. The van der Waals surface area contributed by atoms with Gasteiger partial charge in [-0.3, -0.25) is 4.79 Å². The molecule has 1 amide bonds. The highest BCUT2D eigenvalue weighted by molar-refractivity contribution is 6.18. The molecular weight excluding hydrogens is 454 g/mol. The summed E-state index contributed by atoms with van der Waals surface area (Å²) >= 11 is 0. The van der Waals surface area contributed by atoms with Crippen molar-refractivity contribution in [1.29, 1.82) is 0 Å². The smallest absolute Gasteiger partial charge is 0.253 e. The highest BCUT2D eigenvalue weighted by Crippen LogP contribution is 2.42. The lowest BCUT2D eigenvalue weighted by molar-refractivity contribution is 0.0953. The number of nitrogens with one attached hydrogen (secondary N) is 2. The van der Waals surface area contributed by atoms with Gasteiger partial charge in [0.05, 0.1) is 11.3 Å². The molecule has 0 aliphatic carbocycles. The molecule has 0 atom stereocenters. The van der Waals surface area contributed by atoms with Gasteiger partial charge in [-0.2, -0.15) is 0 Å². The van der Waals surface area contributed by atoms with E-state index in [1.807, 2.05) is 0 Å². The maximum Gasteiger partial charge on any atom is 0.253 e. The molecule has 5 aromatic rings. The zero-order valence-corrected chi connectivity index (χ0v) is 21.4. The van der Waals surface area contributed by atoms with Gasteiger partial charge in [0.1, 0.15) is 0 Å². The minimum absolute atomic E-state index is 0.0125. The first-order valence-electron chi connectivity index (χ1n) is 13.5. The third-order valence-electron chi connectivity index (χ3n) is 7.55. The van der Waals surface area contributed by atoms with E-state index in [2.05, 4.69) is 107 Å². The number of fused-ring (bicyclic) bond motifs is 3. The minimum atomic E-state index is 0.0125. The molecule has 1 aliphatic heterocycles. The van der Waals surface area contributed by atoms with Crippen molar-refractivity contribution in [2.45, 2.75) is 19.8 Å².